The fourth-order valence-electron chi connectivity index (χ4n) is 2.86. The molecule has 2 aromatic rings. The Balaban J connectivity index is 2.11. The van der Waals surface area contributed by atoms with Crippen molar-refractivity contribution in [2.45, 2.75) is 12.5 Å². The summed E-state index contributed by atoms with van der Waals surface area (Å²) in [5, 5.41) is 19.6. The van der Waals surface area contributed by atoms with Crippen LogP contribution in [0.15, 0.2) is 52.7 Å². The fraction of sp³-hybridized carbons (Fsp3) is 0.222. The zero-order chi connectivity index (χ0) is 18.0. The van der Waals surface area contributed by atoms with Gasteiger partial charge >= 0.3 is 0 Å². The molecule has 1 aliphatic rings. The molecule has 0 bridgehead atoms. The Morgan fingerprint density at radius 3 is 2.52 bits per heavy atom. The first-order valence-corrected chi connectivity index (χ1v) is 7.73. The van der Waals surface area contributed by atoms with Crippen LogP contribution in [0.2, 0.25) is 0 Å². The number of hydrogen-bond acceptors (Lipinski definition) is 5. The Hall–Kier alpha value is -2.93. The fourth-order valence-corrected chi connectivity index (χ4v) is 2.86. The number of rotatable bonds is 5. The molecular weight excluding hydrogens is 329 g/mol. The zero-order valence-electron chi connectivity index (χ0n) is 13.2. The summed E-state index contributed by atoms with van der Waals surface area (Å²) < 4.78 is 18.4. The van der Waals surface area contributed by atoms with Gasteiger partial charge in [-0.2, -0.15) is 0 Å². The summed E-state index contributed by atoms with van der Waals surface area (Å²) in [7, 11) is 0. The Morgan fingerprint density at radius 2 is 1.92 bits per heavy atom. The van der Waals surface area contributed by atoms with Crippen molar-refractivity contribution in [3.05, 3.63) is 65.4 Å². The number of benzene rings is 1. The second-order valence-corrected chi connectivity index (χ2v) is 5.59. The molecule has 2 N–H and O–H groups in total. The van der Waals surface area contributed by atoms with Gasteiger partial charge in [-0.25, -0.2) is 4.39 Å². The number of ketones is 1. The van der Waals surface area contributed by atoms with Crippen molar-refractivity contribution in [2.75, 3.05) is 13.2 Å². The Bertz CT molecular complexity index is 811. The topological polar surface area (TPSA) is 91.0 Å². The van der Waals surface area contributed by atoms with Gasteiger partial charge in [-0.05, 0) is 42.8 Å². The van der Waals surface area contributed by atoms with E-state index in [-0.39, 0.29) is 30.7 Å². The van der Waals surface area contributed by atoms with Crippen LogP contribution in [0.1, 0.15) is 23.8 Å². The van der Waals surface area contributed by atoms with Crippen molar-refractivity contribution in [3.8, 4) is 0 Å². The van der Waals surface area contributed by atoms with E-state index in [1.807, 2.05) is 0 Å². The molecule has 0 saturated carbocycles. The van der Waals surface area contributed by atoms with E-state index in [9.17, 15) is 19.1 Å². The molecule has 1 aromatic heterocycles. The molecule has 1 aromatic carbocycles. The molecule has 1 atom stereocenters. The lowest BCUT2D eigenvalue weighted by Crippen LogP contribution is -2.31. The van der Waals surface area contributed by atoms with E-state index in [4.69, 9.17) is 9.52 Å². The molecule has 0 radical (unpaired) electrons. The third kappa shape index (κ3) is 3.06. The smallest absolute Gasteiger partial charge is 0.295 e. The van der Waals surface area contributed by atoms with Crippen LogP contribution >= 0.6 is 0 Å². The number of halogens is 1. The first-order chi connectivity index (χ1) is 12.0. The third-order valence-electron chi connectivity index (χ3n) is 4.03. The Labute approximate surface area is 142 Å². The van der Waals surface area contributed by atoms with Gasteiger partial charge in [-0.15, -0.1) is 0 Å². The molecule has 7 heteroatoms. The highest BCUT2D eigenvalue weighted by molar-refractivity contribution is 6.46. The maximum absolute atomic E-state index is 13.1. The number of nitrogens with zero attached hydrogens (tertiary/aromatic N) is 1. The van der Waals surface area contributed by atoms with Crippen molar-refractivity contribution in [1.82, 2.24) is 4.90 Å². The minimum absolute atomic E-state index is 0.121. The zero-order valence-corrected chi connectivity index (χ0v) is 13.2. The average Bonchev–Trinajstić information content (AvgIpc) is 3.21. The molecule has 1 fully saturated rings. The van der Waals surface area contributed by atoms with Crippen LogP contribution in [-0.2, 0) is 9.59 Å². The molecule has 0 aliphatic carbocycles. The number of Topliss-reactive ketones (excluding diaryl/α,β-unsaturated/α-hetero) is 1. The second-order valence-electron chi connectivity index (χ2n) is 5.59. The van der Waals surface area contributed by atoms with Crippen LogP contribution in [0.25, 0.3) is 5.76 Å². The molecule has 1 aliphatic heterocycles. The van der Waals surface area contributed by atoms with Crippen LogP contribution in [0.3, 0.4) is 0 Å². The highest BCUT2D eigenvalue weighted by atomic mass is 19.1. The normalized spacial score (nSPS) is 19.6. The number of carbonyl (C=O) groups excluding carboxylic acids is 2. The van der Waals surface area contributed by atoms with Gasteiger partial charge in [0.25, 0.3) is 11.7 Å². The molecule has 0 unspecified atom stereocenters. The lowest BCUT2D eigenvalue weighted by Gasteiger charge is -2.22. The van der Waals surface area contributed by atoms with Gasteiger partial charge in [-0.3, -0.25) is 9.59 Å². The highest BCUT2D eigenvalue weighted by Crippen LogP contribution is 2.39. The van der Waals surface area contributed by atoms with Crippen molar-refractivity contribution in [3.63, 3.8) is 0 Å². The summed E-state index contributed by atoms with van der Waals surface area (Å²) in [6.45, 7) is -0.0154. The lowest BCUT2D eigenvalue weighted by atomic mass is 9.99. The van der Waals surface area contributed by atoms with E-state index >= 15 is 0 Å². The van der Waals surface area contributed by atoms with Crippen LogP contribution < -0.4 is 0 Å². The molecule has 25 heavy (non-hydrogen) atoms. The van der Waals surface area contributed by atoms with Crippen LogP contribution in [-0.4, -0.2) is 40.0 Å². The first-order valence-electron chi connectivity index (χ1n) is 7.73. The van der Waals surface area contributed by atoms with Gasteiger partial charge < -0.3 is 19.5 Å². The maximum Gasteiger partial charge on any atom is 0.295 e. The summed E-state index contributed by atoms with van der Waals surface area (Å²) in [5.74, 6) is -2.19. The molecule has 130 valence electrons. The summed E-state index contributed by atoms with van der Waals surface area (Å²) >= 11 is 0. The minimum Gasteiger partial charge on any atom is -0.507 e. The summed E-state index contributed by atoms with van der Waals surface area (Å²) in [6, 6.07) is 7.26. The van der Waals surface area contributed by atoms with Gasteiger partial charge in [0.1, 0.15) is 23.4 Å². The van der Waals surface area contributed by atoms with E-state index < -0.39 is 29.3 Å². The van der Waals surface area contributed by atoms with Gasteiger partial charge in [0.05, 0.1) is 11.8 Å². The van der Waals surface area contributed by atoms with Gasteiger partial charge in [0.2, 0.25) is 0 Å². The second kappa shape index (κ2) is 6.90. The van der Waals surface area contributed by atoms with Crippen LogP contribution in [0.5, 0.6) is 0 Å². The maximum atomic E-state index is 13.1. The van der Waals surface area contributed by atoms with Crippen LogP contribution in [0.4, 0.5) is 4.39 Å². The van der Waals surface area contributed by atoms with Gasteiger partial charge in [0, 0.05) is 18.7 Å². The largest absolute Gasteiger partial charge is 0.507 e. The standard InChI is InChI=1S/C18H16FNO5/c19-12-6-4-11(5-7-12)16(22)14-15(13-3-1-10-25-13)20(8-2-9-21)18(24)17(14)23/h1,3-7,10,15,21-22H,2,8-9H2/t15-/m1/s1. The number of furan rings is 1. The number of likely N-dealkylation sites (tertiary alicyclic amines) is 1. The number of carbonyl (C=O) groups is 2. The highest BCUT2D eigenvalue weighted by Gasteiger charge is 2.47. The molecular formula is C18H16FNO5. The van der Waals surface area contributed by atoms with Gasteiger partial charge in [0.15, 0.2) is 0 Å². The lowest BCUT2D eigenvalue weighted by molar-refractivity contribution is -0.140. The number of amides is 1. The molecule has 2 heterocycles. The van der Waals surface area contributed by atoms with E-state index in [0.717, 1.165) is 12.1 Å². The van der Waals surface area contributed by atoms with E-state index in [0.29, 0.717) is 5.76 Å². The summed E-state index contributed by atoms with van der Waals surface area (Å²) in [4.78, 5) is 26.1. The summed E-state index contributed by atoms with van der Waals surface area (Å²) in [5.41, 5.74) is 0.0996. The van der Waals surface area contributed by atoms with Crippen molar-refractivity contribution < 1.29 is 28.6 Å². The molecule has 1 amide bonds. The van der Waals surface area contributed by atoms with Crippen molar-refractivity contribution >= 4 is 17.4 Å². The van der Waals surface area contributed by atoms with E-state index in [1.54, 1.807) is 12.1 Å². The van der Waals surface area contributed by atoms with E-state index in [1.165, 1.54) is 23.3 Å². The first kappa shape index (κ1) is 16.9. The number of aliphatic hydroxyl groups is 2. The Kier molecular flexibility index (Phi) is 4.67. The number of aliphatic hydroxyl groups excluding tert-OH is 2. The molecule has 3 rings (SSSR count). The van der Waals surface area contributed by atoms with Crippen molar-refractivity contribution in [2.24, 2.45) is 0 Å². The predicted octanol–water partition coefficient (Wildman–Crippen LogP) is 2.22. The molecule has 0 spiro atoms. The average molecular weight is 345 g/mol. The third-order valence-corrected chi connectivity index (χ3v) is 4.03. The summed E-state index contributed by atoms with van der Waals surface area (Å²) in [6.07, 6.45) is 1.68. The Morgan fingerprint density at radius 1 is 1.20 bits per heavy atom. The van der Waals surface area contributed by atoms with Crippen LogP contribution in [0, 0.1) is 5.82 Å². The SMILES string of the molecule is O=C1C(=O)N(CCCO)[C@H](c2ccco2)C1=C(O)c1ccc(F)cc1. The predicted molar refractivity (Wildman–Crippen MR) is 85.8 cm³/mol. The quantitative estimate of drug-likeness (QED) is 0.493. The van der Waals surface area contributed by atoms with E-state index in [2.05, 4.69) is 0 Å². The van der Waals surface area contributed by atoms with Crippen molar-refractivity contribution in [1.29, 1.82) is 0 Å². The van der Waals surface area contributed by atoms with Gasteiger partial charge in [-0.1, -0.05) is 0 Å². The molecule has 1 saturated heterocycles. The number of hydrogen-bond donors (Lipinski definition) is 2. The monoisotopic (exact) mass is 345 g/mol. The molecule has 6 nitrogen and oxygen atoms in total. The minimum atomic E-state index is -0.897.